The van der Waals surface area contributed by atoms with Crippen LogP contribution in [0.3, 0.4) is 0 Å². The number of nitrogens with one attached hydrogen (secondary N) is 2. The van der Waals surface area contributed by atoms with Gasteiger partial charge in [-0.3, -0.25) is 20.4 Å². The topological polar surface area (TPSA) is 111 Å². The molecular formula is C16H15FN6O3. The molecule has 10 heteroatoms. The summed E-state index contributed by atoms with van der Waals surface area (Å²) in [5.74, 6) is -1.91. The van der Waals surface area contributed by atoms with Crippen molar-refractivity contribution in [1.29, 1.82) is 0 Å². The zero-order valence-electron chi connectivity index (χ0n) is 14.0. The van der Waals surface area contributed by atoms with Gasteiger partial charge in [0.1, 0.15) is 0 Å². The van der Waals surface area contributed by atoms with Crippen molar-refractivity contribution in [1.82, 2.24) is 30.4 Å². The minimum atomic E-state index is -0.716. The normalized spacial score (nSPS) is 10.6. The molecule has 0 bridgehead atoms. The summed E-state index contributed by atoms with van der Waals surface area (Å²) in [6, 6.07) is 7.47. The van der Waals surface area contributed by atoms with E-state index < -0.39 is 24.2 Å². The second kappa shape index (κ2) is 7.13. The van der Waals surface area contributed by atoms with Gasteiger partial charge in [-0.2, -0.15) is 4.98 Å². The number of benzene rings is 1. The maximum Gasteiger partial charge on any atom is 0.309 e. The summed E-state index contributed by atoms with van der Waals surface area (Å²) in [6.45, 7) is 3.14. The first-order valence-corrected chi connectivity index (χ1v) is 7.61. The van der Waals surface area contributed by atoms with Crippen LogP contribution in [0.15, 0.2) is 30.3 Å². The number of amides is 2. The first kappa shape index (κ1) is 17.3. The Bertz CT molecular complexity index is 987. The van der Waals surface area contributed by atoms with Gasteiger partial charge in [-0.25, -0.2) is 13.9 Å². The van der Waals surface area contributed by atoms with E-state index in [9.17, 15) is 14.0 Å². The quantitative estimate of drug-likeness (QED) is 0.665. The van der Waals surface area contributed by atoms with E-state index in [2.05, 4.69) is 25.9 Å². The Morgan fingerprint density at radius 1 is 1.19 bits per heavy atom. The lowest BCUT2D eigenvalue weighted by atomic mass is 10.3. The molecule has 134 valence electrons. The Kier molecular flexibility index (Phi) is 4.74. The van der Waals surface area contributed by atoms with E-state index in [-0.39, 0.29) is 17.4 Å². The molecule has 0 fully saturated rings. The Balaban J connectivity index is 1.57. The summed E-state index contributed by atoms with van der Waals surface area (Å²) in [5.41, 5.74) is 5.82. The maximum atomic E-state index is 13.4. The lowest BCUT2D eigenvalue weighted by Gasteiger charge is -2.08. The highest BCUT2D eigenvalue weighted by atomic mass is 19.1. The Morgan fingerprint density at radius 2 is 1.96 bits per heavy atom. The number of hydrogen-bond acceptors (Lipinski definition) is 6. The van der Waals surface area contributed by atoms with Crippen LogP contribution in [0.5, 0.6) is 5.75 Å². The number of nitrogens with zero attached hydrogens (tertiary/aromatic N) is 4. The Labute approximate surface area is 147 Å². The molecule has 3 aromatic rings. The van der Waals surface area contributed by atoms with Gasteiger partial charge in [0, 0.05) is 11.4 Å². The number of aryl methyl sites for hydroxylation is 2. The molecule has 26 heavy (non-hydrogen) atoms. The number of carbonyl (C=O) groups is 2. The SMILES string of the molecule is Cc1cc(C)n2nc(C(=O)NNC(=O)COc3ccccc3F)nc2n1. The molecule has 0 spiro atoms. The molecule has 0 atom stereocenters. The van der Waals surface area contributed by atoms with Crippen molar-refractivity contribution in [2.75, 3.05) is 6.61 Å². The Morgan fingerprint density at radius 3 is 2.73 bits per heavy atom. The summed E-state index contributed by atoms with van der Waals surface area (Å²) in [5, 5.41) is 4.04. The molecule has 0 aliphatic heterocycles. The molecule has 3 rings (SSSR count). The van der Waals surface area contributed by atoms with Crippen molar-refractivity contribution in [2.45, 2.75) is 13.8 Å². The van der Waals surface area contributed by atoms with Gasteiger partial charge in [0.2, 0.25) is 5.82 Å². The van der Waals surface area contributed by atoms with E-state index in [1.807, 2.05) is 0 Å². The molecular weight excluding hydrogens is 343 g/mol. The van der Waals surface area contributed by atoms with Crippen LogP contribution in [-0.4, -0.2) is 38.0 Å². The molecule has 0 aliphatic rings. The predicted octanol–water partition coefficient (Wildman–Crippen LogP) is 0.720. The summed E-state index contributed by atoms with van der Waals surface area (Å²) in [6.07, 6.45) is 0. The number of hydrogen-bond donors (Lipinski definition) is 2. The standard InChI is InChI=1S/C16H15FN6O3/c1-9-7-10(2)23-16(18-9)19-14(22-23)15(25)21-20-13(24)8-26-12-6-4-3-5-11(12)17/h3-7H,8H2,1-2H3,(H,20,24)(H,21,25). The number of halogens is 1. The molecule has 0 saturated carbocycles. The molecule has 0 saturated heterocycles. The molecule has 2 heterocycles. The fourth-order valence-electron chi connectivity index (χ4n) is 2.19. The van der Waals surface area contributed by atoms with E-state index in [4.69, 9.17) is 4.74 Å². The number of ether oxygens (including phenoxy) is 1. The van der Waals surface area contributed by atoms with Crippen LogP contribution in [0, 0.1) is 19.7 Å². The van der Waals surface area contributed by atoms with Crippen LogP contribution >= 0.6 is 0 Å². The number of carbonyl (C=O) groups excluding carboxylic acids is 2. The predicted molar refractivity (Wildman–Crippen MR) is 87.8 cm³/mol. The van der Waals surface area contributed by atoms with Crippen molar-refractivity contribution >= 4 is 17.6 Å². The van der Waals surface area contributed by atoms with Crippen molar-refractivity contribution in [3.8, 4) is 5.75 Å². The number of aromatic nitrogens is 4. The first-order chi connectivity index (χ1) is 12.4. The number of fused-ring (bicyclic) bond motifs is 1. The van der Waals surface area contributed by atoms with E-state index in [0.717, 1.165) is 11.4 Å². The molecule has 2 amide bonds. The van der Waals surface area contributed by atoms with Crippen LogP contribution in [0.25, 0.3) is 5.78 Å². The molecule has 9 nitrogen and oxygen atoms in total. The van der Waals surface area contributed by atoms with Gasteiger partial charge in [0.15, 0.2) is 18.2 Å². The van der Waals surface area contributed by atoms with Crippen molar-refractivity contribution in [2.24, 2.45) is 0 Å². The maximum absolute atomic E-state index is 13.4. The molecule has 2 N–H and O–H groups in total. The number of rotatable bonds is 4. The van der Waals surface area contributed by atoms with Crippen molar-refractivity contribution in [3.63, 3.8) is 0 Å². The number of hydrazine groups is 1. The summed E-state index contributed by atoms with van der Waals surface area (Å²) < 4.78 is 19.8. The lowest BCUT2D eigenvalue weighted by Crippen LogP contribution is -2.44. The second-order valence-electron chi connectivity index (χ2n) is 5.41. The monoisotopic (exact) mass is 358 g/mol. The molecule has 1 aromatic carbocycles. The van der Waals surface area contributed by atoms with Gasteiger partial charge in [-0.1, -0.05) is 12.1 Å². The largest absolute Gasteiger partial charge is 0.481 e. The van der Waals surface area contributed by atoms with Crippen LogP contribution < -0.4 is 15.6 Å². The summed E-state index contributed by atoms with van der Waals surface area (Å²) in [7, 11) is 0. The summed E-state index contributed by atoms with van der Waals surface area (Å²) in [4.78, 5) is 31.9. The average molecular weight is 358 g/mol. The van der Waals surface area contributed by atoms with Gasteiger partial charge in [-0.05, 0) is 32.0 Å². The molecule has 0 radical (unpaired) electrons. The van der Waals surface area contributed by atoms with Crippen molar-refractivity contribution < 1.29 is 18.7 Å². The van der Waals surface area contributed by atoms with Gasteiger partial charge < -0.3 is 4.74 Å². The highest BCUT2D eigenvalue weighted by Gasteiger charge is 2.16. The number of para-hydroxylation sites is 1. The smallest absolute Gasteiger partial charge is 0.309 e. The summed E-state index contributed by atoms with van der Waals surface area (Å²) >= 11 is 0. The fraction of sp³-hybridized carbons (Fsp3) is 0.188. The van der Waals surface area contributed by atoms with Gasteiger partial charge in [-0.15, -0.1) is 5.10 Å². The highest BCUT2D eigenvalue weighted by molar-refractivity contribution is 5.92. The third kappa shape index (κ3) is 3.74. The van der Waals surface area contributed by atoms with E-state index in [1.165, 1.54) is 22.7 Å². The molecule has 0 aliphatic carbocycles. The highest BCUT2D eigenvalue weighted by Crippen LogP contribution is 2.14. The Hall–Kier alpha value is -3.56. The van der Waals surface area contributed by atoms with Crippen LogP contribution in [0.1, 0.15) is 22.0 Å². The third-order valence-corrected chi connectivity index (χ3v) is 3.33. The second-order valence-corrected chi connectivity index (χ2v) is 5.41. The third-order valence-electron chi connectivity index (χ3n) is 3.33. The zero-order valence-corrected chi connectivity index (χ0v) is 14.0. The average Bonchev–Trinajstić information content (AvgIpc) is 3.03. The van der Waals surface area contributed by atoms with Crippen molar-refractivity contribution in [3.05, 3.63) is 53.4 Å². The van der Waals surface area contributed by atoms with Gasteiger partial charge in [0.25, 0.3) is 11.7 Å². The van der Waals surface area contributed by atoms with Crippen LogP contribution in [-0.2, 0) is 4.79 Å². The first-order valence-electron chi connectivity index (χ1n) is 7.61. The van der Waals surface area contributed by atoms with Gasteiger partial charge >= 0.3 is 5.91 Å². The molecule has 2 aromatic heterocycles. The van der Waals surface area contributed by atoms with E-state index in [0.29, 0.717) is 0 Å². The minimum absolute atomic E-state index is 0.0621. The lowest BCUT2D eigenvalue weighted by molar-refractivity contribution is -0.123. The van der Waals surface area contributed by atoms with Crippen LogP contribution in [0.2, 0.25) is 0 Å². The molecule has 0 unspecified atom stereocenters. The fourth-order valence-corrected chi connectivity index (χ4v) is 2.19. The van der Waals surface area contributed by atoms with Gasteiger partial charge in [0.05, 0.1) is 0 Å². The van der Waals surface area contributed by atoms with Crippen LogP contribution in [0.4, 0.5) is 4.39 Å². The van der Waals surface area contributed by atoms with E-state index in [1.54, 1.807) is 26.0 Å². The van der Waals surface area contributed by atoms with E-state index >= 15 is 0 Å². The minimum Gasteiger partial charge on any atom is -0.481 e. The zero-order chi connectivity index (χ0) is 18.7.